The molecule has 0 fully saturated rings. The Morgan fingerprint density at radius 3 is 2.75 bits per heavy atom. The van der Waals surface area contributed by atoms with E-state index in [0.29, 0.717) is 5.95 Å². The third-order valence-electron chi connectivity index (χ3n) is 3.48. The SMILES string of the molecule is COc1ccc2nc(N)n(C(C)c3ccc(C)o3)c2c1. The highest BCUT2D eigenvalue weighted by Crippen LogP contribution is 2.30. The maximum Gasteiger partial charge on any atom is 0.201 e. The van der Waals surface area contributed by atoms with Gasteiger partial charge in [-0.1, -0.05) is 0 Å². The largest absolute Gasteiger partial charge is 0.497 e. The third kappa shape index (κ3) is 1.91. The molecule has 0 saturated heterocycles. The van der Waals surface area contributed by atoms with Crippen LogP contribution in [-0.2, 0) is 0 Å². The van der Waals surface area contributed by atoms with Crippen LogP contribution in [0.15, 0.2) is 34.7 Å². The molecule has 2 heterocycles. The molecule has 0 bridgehead atoms. The van der Waals surface area contributed by atoms with Gasteiger partial charge in [0.1, 0.15) is 17.3 Å². The zero-order chi connectivity index (χ0) is 14.3. The lowest BCUT2D eigenvalue weighted by atomic mass is 10.2. The Morgan fingerprint density at radius 1 is 1.30 bits per heavy atom. The first-order valence-electron chi connectivity index (χ1n) is 6.48. The Balaban J connectivity index is 2.16. The number of fused-ring (bicyclic) bond motifs is 1. The van der Waals surface area contributed by atoms with E-state index in [1.54, 1.807) is 7.11 Å². The molecule has 20 heavy (non-hydrogen) atoms. The fourth-order valence-corrected chi connectivity index (χ4v) is 2.43. The first-order valence-corrected chi connectivity index (χ1v) is 6.48. The molecule has 5 nitrogen and oxygen atoms in total. The molecule has 0 aliphatic heterocycles. The van der Waals surface area contributed by atoms with Crippen LogP contribution in [0.3, 0.4) is 0 Å². The average molecular weight is 271 g/mol. The number of nitrogen functional groups attached to an aromatic ring is 1. The summed E-state index contributed by atoms with van der Waals surface area (Å²) in [4.78, 5) is 4.39. The Morgan fingerprint density at radius 2 is 2.10 bits per heavy atom. The number of nitrogens with zero attached hydrogens (tertiary/aromatic N) is 2. The van der Waals surface area contributed by atoms with Crippen LogP contribution in [0.4, 0.5) is 5.95 Å². The van der Waals surface area contributed by atoms with Gasteiger partial charge in [-0.2, -0.15) is 0 Å². The fourth-order valence-electron chi connectivity index (χ4n) is 2.43. The zero-order valence-corrected chi connectivity index (χ0v) is 11.8. The summed E-state index contributed by atoms with van der Waals surface area (Å²) < 4.78 is 12.9. The van der Waals surface area contributed by atoms with Crippen molar-refractivity contribution in [1.29, 1.82) is 0 Å². The predicted molar refractivity (Wildman–Crippen MR) is 78.0 cm³/mol. The van der Waals surface area contributed by atoms with Gasteiger partial charge in [0, 0.05) is 6.07 Å². The molecule has 0 spiro atoms. The smallest absolute Gasteiger partial charge is 0.201 e. The number of anilines is 1. The Labute approximate surface area is 117 Å². The second-order valence-corrected chi connectivity index (χ2v) is 4.82. The lowest BCUT2D eigenvalue weighted by Crippen LogP contribution is -2.09. The molecule has 0 saturated carbocycles. The minimum atomic E-state index is -0.0270. The molecule has 0 aliphatic rings. The van der Waals surface area contributed by atoms with E-state index in [1.165, 1.54) is 0 Å². The predicted octanol–water partition coefficient (Wildman–Crippen LogP) is 3.14. The standard InChI is InChI=1S/C15H17N3O2/c1-9-4-7-14(20-9)10(2)18-13-8-11(19-3)5-6-12(13)17-15(18)16/h4-8,10H,1-3H3,(H2,16,17). The van der Waals surface area contributed by atoms with Crippen LogP contribution < -0.4 is 10.5 Å². The van der Waals surface area contributed by atoms with E-state index >= 15 is 0 Å². The van der Waals surface area contributed by atoms with E-state index in [-0.39, 0.29) is 6.04 Å². The number of hydrogen-bond acceptors (Lipinski definition) is 4. The zero-order valence-electron chi connectivity index (χ0n) is 11.8. The van der Waals surface area contributed by atoms with Crippen LogP contribution in [0.5, 0.6) is 5.75 Å². The van der Waals surface area contributed by atoms with Crippen LogP contribution in [0.1, 0.15) is 24.5 Å². The highest BCUT2D eigenvalue weighted by atomic mass is 16.5. The average Bonchev–Trinajstić information content (AvgIpc) is 3.00. The second-order valence-electron chi connectivity index (χ2n) is 4.82. The molecule has 0 amide bonds. The van der Waals surface area contributed by atoms with E-state index in [2.05, 4.69) is 4.98 Å². The van der Waals surface area contributed by atoms with Crippen molar-refractivity contribution in [3.63, 3.8) is 0 Å². The topological polar surface area (TPSA) is 66.2 Å². The molecular formula is C15H17N3O2. The molecule has 0 radical (unpaired) electrons. The molecule has 2 N–H and O–H groups in total. The van der Waals surface area contributed by atoms with Crippen molar-refractivity contribution in [3.05, 3.63) is 41.9 Å². The van der Waals surface area contributed by atoms with Crippen LogP contribution in [-0.4, -0.2) is 16.7 Å². The molecule has 1 unspecified atom stereocenters. The van der Waals surface area contributed by atoms with Crippen molar-refractivity contribution in [3.8, 4) is 5.75 Å². The normalized spacial score (nSPS) is 12.8. The van der Waals surface area contributed by atoms with E-state index in [4.69, 9.17) is 14.9 Å². The number of nitrogens with two attached hydrogens (primary N) is 1. The number of hydrogen-bond donors (Lipinski definition) is 1. The molecule has 0 aliphatic carbocycles. The summed E-state index contributed by atoms with van der Waals surface area (Å²) in [7, 11) is 1.64. The van der Waals surface area contributed by atoms with Crippen molar-refractivity contribution in [2.45, 2.75) is 19.9 Å². The van der Waals surface area contributed by atoms with E-state index in [0.717, 1.165) is 28.3 Å². The van der Waals surface area contributed by atoms with Gasteiger partial charge >= 0.3 is 0 Å². The van der Waals surface area contributed by atoms with Crippen LogP contribution in [0.25, 0.3) is 11.0 Å². The van der Waals surface area contributed by atoms with Crippen molar-refractivity contribution >= 4 is 17.0 Å². The van der Waals surface area contributed by atoms with Crippen molar-refractivity contribution in [1.82, 2.24) is 9.55 Å². The number of benzene rings is 1. The molecule has 3 aromatic rings. The molecular weight excluding hydrogens is 254 g/mol. The number of methoxy groups -OCH3 is 1. The van der Waals surface area contributed by atoms with Gasteiger partial charge in [0.15, 0.2) is 0 Å². The van der Waals surface area contributed by atoms with E-state index < -0.39 is 0 Å². The van der Waals surface area contributed by atoms with Crippen LogP contribution in [0.2, 0.25) is 0 Å². The van der Waals surface area contributed by atoms with Crippen LogP contribution >= 0.6 is 0 Å². The van der Waals surface area contributed by atoms with Gasteiger partial charge in [-0.3, -0.25) is 4.57 Å². The summed E-state index contributed by atoms with van der Waals surface area (Å²) in [6.45, 7) is 3.96. The Kier molecular flexibility index (Phi) is 2.89. The van der Waals surface area contributed by atoms with Gasteiger partial charge in [-0.15, -0.1) is 0 Å². The summed E-state index contributed by atoms with van der Waals surface area (Å²) in [5, 5.41) is 0. The Bertz CT molecular complexity index is 758. The lowest BCUT2D eigenvalue weighted by Gasteiger charge is -2.14. The maximum atomic E-state index is 6.06. The minimum absolute atomic E-state index is 0.0270. The molecule has 3 rings (SSSR count). The molecule has 2 aromatic heterocycles. The highest BCUT2D eigenvalue weighted by molar-refractivity contribution is 5.80. The number of aromatic nitrogens is 2. The monoisotopic (exact) mass is 271 g/mol. The first kappa shape index (κ1) is 12.6. The number of imidazole rings is 1. The molecule has 1 aromatic carbocycles. The molecule has 104 valence electrons. The fraction of sp³-hybridized carbons (Fsp3) is 0.267. The van der Waals surface area contributed by atoms with Gasteiger partial charge in [-0.05, 0) is 38.1 Å². The second kappa shape index (κ2) is 4.59. The number of ether oxygens (including phenoxy) is 1. The maximum absolute atomic E-state index is 6.06. The van der Waals surface area contributed by atoms with E-state index in [1.807, 2.05) is 48.7 Å². The first-order chi connectivity index (χ1) is 9.60. The van der Waals surface area contributed by atoms with Crippen molar-refractivity contribution < 1.29 is 9.15 Å². The highest BCUT2D eigenvalue weighted by Gasteiger charge is 2.18. The number of rotatable bonds is 3. The summed E-state index contributed by atoms with van der Waals surface area (Å²) in [6.07, 6.45) is 0. The van der Waals surface area contributed by atoms with Gasteiger partial charge in [0.05, 0.1) is 24.2 Å². The summed E-state index contributed by atoms with van der Waals surface area (Å²) >= 11 is 0. The summed E-state index contributed by atoms with van der Waals surface area (Å²) in [6, 6.07) is 9.60. The van der Waals surface area contributed by atoms with Gasteiger partial charge in [0.25, 0.3) is 0 Å². The van der Waals surface area contributed by atoms with Gasteiger partial charge in [0.2, 0.25) is 5.95 Å². The van der Waals surface area contributed by atoms with Gasteiger partial charge < -0.3 is 14.9 Å². The lowest BCUT2D eigenvalue weighted by molar-refractivity contribution is 0.414. The minimum Gasteiger partial charge on any atom is -0.497 e. The van der Waals surface area contributed by atoms with E-state index in [9.17, 15) is 0 Å². The molecule has 1 atom stereocenters. The molecule has 5 heteroatoms. The Hall–Kier alpha value is -2.43. The number of furan rings is 1. The number of aryl methyl sites for hydroxylation is 1. The summed E-state index contributed by atoms with van der Waals surface area (Å²) in [5.41, 5.74) is 7.84. The van der Waals surface area contributed by atoms with Crippen LogP contribution in [0, 0.1) is 6.92 Å². The van der Waals surface area contributed by atoms with Crippen molar-refractivity contribution in [2.24, 2.45) is 0 Å². The van der Waals surface area contributed by atoms with Gasteiger partial charge in [-0.25, -0.2) is 4.98 Å². The summed E-state index contributed by atoms with van der Waals surface area (Å²) in [5.74, 6) is 2.99. The quantitative estimate of drug-likeness (QED) is 0.794. The third-order valence-corrected chi connectivity index (χ3v) is 3.48. The van der Waals surface area contributed by atoms with Crippen molar-refractivity contribution in [2.75, 3.05) is 12.8 Å².